The molecule has 0 aromatic carbocycles. The van der Waals surface area contributed by atoms with Crippen LogP contribution in [0.1, 0.15) is 27.7 Å². The van der Waals surface area contributed by atoms with Crippen LogP contribution >= 0.6 is 0 Å². The predicted molar refractivity (Wildman–Crippen MR) is 64.2 cm³/mol. The largest absolute Gasteiger partial charge is 0.309 e. The molecule has 0 saturated carbocycles. The van der Waals surface area contributed by atoms with Gasteiger partial charge >= 0.3 is 0 Å². The first kappa shape index (κ1) is 15.2. The summed E-state index contributed by atoms with van der Waals surface area (Å²) in [4.78, 5) is 29.4. The van der Waals surface area contributed by atoms with Crippen molar-refractivity contribution in [1.29, 1.82) is 0 Å². The molecular formula is C10H17N3O6. The third-order valence-corrected chi connectivity index (χ3v) is 3.13. The van der Waals surface area contributed by atoms with Crippen molar-refractivity contribution in [3.63, 3.8) is 0 Å². The van der Waals surface area contributed by atoms with Gasteiger partial charge in [-0.3, -0.25) is 5.32 Å². The molecule has 0 saturated heterocycles. The standard InChI is InChI=1S/C10H17N3O6/c1-9(2)7(5-18-12(14)15)8(6-19-13(16)17)10(3,4)11-9/h11H,5-6H2,1-4H3. The van der Waals surface area contributed by atoms with Crippen molar-refractivity contribution in [3.8, 4) is 0 Å². The Hall–Kier alpha value is -1.90. The number of nitrogens with zero attached hydrogens (tertiary/aromatic N) is 2. The number of rotatable bonds is 6. The molecule has 9 heteroatoms. The lowest BCUT2D eigenvalue weighted by atomic mass is 9.91. The van der Waals surface area contributed by atoms with Gasteiger partial charge in [0.1, 0.15) is 13.2 Å². The molecule has 0 unspecified atom stereocenters. The van der Waals surface area contributed by atoms with Crippen molar-refractivity contribution in [2.45, 2.75) is 38.8 Å². The Kier molecular flexibility index (Phi) is 3.99. The van der Waals surface area contributed by atoms with Gasteiger partial charge in [0.2, 0.25) is 0 Å². The van der Waals surface area contributed by atoms with Crippen LogP contribution in [0, 0.1) is 20.2 Å². The molecule has 0 aromatic rings. The van der Waals surface area contributed by atoms with Gasteiger partial charge in [-0.15, -0.1) is 20.2 Å². The molecule has 1 N–H and O–H groups in total. The first-order chi connectivity index (χ1) is 8.56. The van der Waals surface area contributed by atoms with Crippen molar-refractivity contribution in [1.82, 2.24) is 5.32 Å². The molecule has 1 aliphatic rings. The molecular weight excluding hydrogens is 258 g/mol. The normalized spacial score (nSPS) is 20.2. The second-order valence-corrected chi connectivity index (χ2v) is 5.33. The summed E-state index contributed by atoms with van der Waals surface area (Å²) in [6, 6.07) is 0. The van der Waals surface area contributed by atoms with E-state index in [4.69, 9.17) is 0 Å². The average molecular weight is 275 g/mol. The van der Waals surface area contributed by atoms with Crippen LogP contribution in [-0.4, -0.2) is 34.5 Å². The zero-order valence-corrected chi connectivity index (χ0v) is 11.3. The van der Waals surface area contributed by atoms with Crippen molar-refractivity contribution in [2.24, 2.45) is 0 Å². The lowest BCUT2D eigenvalue weighted by Crippen LogP contribution is -2.47. The molecule has 0 amide bonds. The highest BCUT2D eigenvalue weighted by molar-refractivity contribution is 5.39. The Morgan fingerprint density at radius 3 is 1.53 bits per heavy atom. The molecule has 1 aliphatic heterocycles. The quantitative estimate of drug-likeness (QED) is 0.434. The second kappa shape index (κ2) is 5.00. The van der Waals surface area contributed by atoms with Crippen LogP contribution in [0.15, 0.2) is 11.1 Å². The Labute approximate surface area is 109 Å². The summed E-state index contributed by atoms with van der Waals surface area (Å²) in [6.45, 7) is 6.82. The summed E-state index contributed by atoms with van der Waals surface area (Å²) in [6.07, 6.45) is 0. The van der Waals surface area contributed by atoms with E-state index in [1.807, 2.05) is 27.7 Å². The maximum Gasteiger partial charge on any atom is 0.294 e. The number of hydrogen-bond donors (Lipinski definition) is 1. The maximum atomic E-state index is 10.3. The lowest BCUT2D eigenvalue weighted by Gasteiger charge is -2.28. The van der Waals surface area contributed by atoms with Crippen LogP contribution in [0.25, 0.3) is 0 Å². The minimum Gasteiger partial charge on any atom is -0.309 e. The average Bonchev–Trinajstić information content (AvgIpc) is 2.36. The predicted octanol–water partition coefficient (Wildman–Crippen LogP) is 0.860. The van der Waals surface area contributed by atoms with E-state index in [9.17, 15) is 20.2 Å². The zero-order valence-electron chi connectivity index (χ0n) is 11.3. The smallest absolute Gasteiger partial charge is 0.294 e. The Bertz CT molecular complexity index is 391. The van der Waals surface area contributed by atoms with Crippen LogP contribution in [-0.2, 0) is 9.68 Å². The van der Waals surface area contributed by atoms with Gasteiger partial charge in [0.05, 0.1) is 0 Å². The van der Waals surface area contributed by atoms with E-state index < -0.39 is 21.3 Å². The molecule has 0 aliphatic carbocycles. The summed E-state index contributed by atoms with van der Waals surface area (Å²) in [7, 11) is 0. The fourth-order valence-corrected chi connectivity index (χ4v) is 2.46. The van der Waals surface area contributed by atoms with Gasteiger partial charge in [-0.1, -0.05) is 0 Å². The topological polar surface area (TPSA) is 117 Å². The fourth-order valence-electron chi connectivity index (χ4n) is 2.46. The van der Waals surface area contributed by atoms with E-state index in [0.717, 1.165) is 0 Å². The number of nitrogens with one attached hydrogen (secondary N) is 1. The zero-order chi connectivity index (χ0) is 14.8. The van der Waals surface area contributed by atoms with Gasteiger partial charge in [0.15, 0.2) is 0 Å². The van der Waals surface area contributed by atoms with Crippen molar-refractivity contribution in [2.75, 3.05) is 13.2 Å². The van der Waals surface area contributed by atoms with Crippen molar-refractivity contribution in [3.05, 3.63) is 31.4 Å². The molecule has 0 bridgehead atoms. The van der Waals surface area contributed by atoms with Gasteiger partial charge in [0, 0.05) is 11.1 Å². The molecule has 0 spiro atoms. The van der Waals surface area contributed by atoms with Crippen LogP contribution in [0.3, 0.4) is 0 Å². The lowest BCUT2D eigenvalue weighted by molar-refractivity contribution is -0.757. The molecule has 1 heterocycles. The van der Waals surface area contributed by atoms with Gasteiger partial charge in [-0.25, -0.2) is 0 Å². The van der Waals surface area contributed by atoms with E-state index in [0.29, 0.717) is 11.1 Å². The Balaban J connectivity index is 3.03. The Morgan fingerprint density at radius 1 is 0.947 bits per heavy atom. The number of hydrogen-bond acceptors (Lipinski definition) is 7. The highest BCUT2D eigenvalue weighted by atomic mass is 17.0. The van der Waals surface area contributed by atoms with Crippen LogP contribution in [0.4, 0.5) is 0 Å². The maximum absolute atomic E-state index is 10.3. The monoisotopic (exact) mass is 275 g/mol. The molecule has 0 radical (unpaired) electrons. The van der Waals surface area contributed by atoms with E-state index >= 15 is 0 Å². The highest BCUT2D eigenvalue weighted by Crippen LogP contribution is 2.36. The van der Waals surface area contributed by atoms with E-state index in [2.05, 4.69) is 15.0 Å². The summed E-state index contributed by atoms with van der Waals surface area (Å²) in [5.74, 6) is 0. The minimum atomic E-state index is -0.889. The van der Waals surface area contributed by atoms with Crippen LogP contribution < -0.4 is 5.32 Å². The van der Waals surface area contributed by atoms with Gasteiger partial charge < -0.3 is 9.68 Å². The van der Waals surface area contributed by atoms with Gasteiger partial charge in [0.25, 0.3) is 10.2 Å². The first-order valence-electron chi connectivity index (χ1n) is 5.63. The molecule has 0 atom stereocenters. The summed E-state index contributed by atoms with van der Waals surface area (Å²) in [5.41, 5.74) is 0.0657. The highest BCUT2D eigenvalue weighted by Gasteiger charge is 2.43. The second-order valence-electron chi connectivity index (χ2n) is 5.33. The van der Waals surface area contributed by atoms with Gasteiger partial charge in [-0.05, 0) is 38.8 Å². The summed E-state index contributed by atoms with van der Waals surface area (Å²) >= 11 is 0. The fraction of sp³-hybridized carbons (Fsp3) is 0.800. The van der Waals surface area contributed by atoms with Crippen LogP contribution in [0.2, 0.25) is 0 Å². The molecule has 1 rings (SSSR count). The van der Waals surface area contributed by atoms with E-state index in [1.165, 1.54) is 0 Å². The molecule has 19 heavy (non-hydrogen) atoms. The third-order valence-electron chi connectivity index (χ3n) is 3.13. The van der Waals surface area contributed by atoms with E-state index in [-0.39, 0.29) is 13.2 Å². The van der Waals surface area contributed by atoms with E-state index in [1.54, 1.807) is 0 Å². The first-order valence-corrected chi connectivity index (χ1v) is 5.63. The third kappa shape index (κ3) is 3.53. The van der Waals surface area contributed by atoms with Crippen molar-refractivity contribution >= 4 is 0 Å². The van der Waals surface area contributed by atoms with Crippen molar-refractivity contribution < 1.29 is 19.8 Å². The minimum absolute atomic E-state index is 0.243. The van der Waals surface area contributed by atoms with Gasteiger partial charge in [-0.2, -0.15) is 0 Å². The Morgan fingerprint density at radius 2 is 1.26 bits per heavy atom. The molecule has 0 fully saturated rings. The summed E-state index contributed by atoms with van der Waals surface area (Å²) < 4.78 is 0. The summed E-state index contributed by atoms with van der Waals surface area (Å²) in [5, 5.41) is 22.1. The molecule has 0 aromatic heterocycles. The molecule has 108 valence electrons. The molecule has 9 nitrogen and oxygen atoms in total. The SMILES string of the molecule is CC1(C)NC(C)(C)C(CO[N+](=O)[O-])=C1CO[N+](=O)[O-]. The van der Waals surface area contributed by atoms with Crippen LogP contribution in [0.5, 0.6) is 0 Å².